The molecule has 1 N–H and O–H groups in total. The number of halogens is 2. The van der Waals surface area contributed by atoms with Gasteiger partial charge in [-0.25, -0.2) is 8.78 Å². The number of hydrogen-bond acceptors (Lipinski definition) is 1. The molecule has 0 aromatic heterocycles. The zero-order chi connectivity index (χ0) is 12.3. The van der Waals surface area contributed by atoms with Gasteiger partial charge in [0.15, 0.2) is 0 Å². The molecule has 0 aliphatic carbocycles. The highest BCUT2D eigenvalue weighted by molar-refractivity contribution is 5.79. The summed E-state index contributed by atoms with van der Waals surface area (Å²) >= 11 is 0. The number of rotatable bonds is 2. The summed E-state index contributed by atoms with van der Waals surface area (Å²) in [5, 5.41) is 2.79. The summed E-state index contributed by atoms with van der Waals surface area (Å²) in [6.45, 7) is 0.682. The number of amides is 1. The minimum absolute atomic E-state index is 0.0499. The van der Waals surface area contributed by atoms with Gasteiger partial charge in [0.05, 0.1) is 0 Å². The van der Waals surface area contributed by atoms with Crippen molar-refractivity contribution in [3.8, 4) is 0 Å². The Balaban J connectivity index is 2.13. The number of carbonyl (C=O) groups excluding carboxylic acids is 1. The minimum Gasteiger partial charge on any atom is -0.356 e. The molecule has 2 rings (SSSR count). The third-order valence-corrected chi connectivity index (χ3v) is 3.12. The zero-order valence-electron chi connectivity index (χ0n) is 9.51. The van der Waals surface area contributed by atoms with Crippen LogP contribution in [-0.2, 0) is 11.2 Å². The highest BCUT2D eigenvalue weighted by Gasteiger charge is 2.22. The van der Waals surface area contributed by atoms with Crippen LogP contribution in [0.4, 0.5) is 8.78 Å². The number of hydrogen-bond donors (Lipinski definition) is 1. The summed E-state index contributed by atoms with van der Waals surface area (Å²) in [5.74, 6) is -1.20. The van der Waals surface area contributed by atoms with Crippen LogP contribution in [0.2, 0.25) is 0 Å². The Morgan fingerprint density at radius 1 is 1.29 bits per heavy atom. The predicted molar refractivity (Wildman–Crippen MR) is 60.4 cm³/mol. The second-order valence-electron chi connectivity index (χ2n) is 4.42. The first-order valence-electron chi connectivity index (χ1n) is 5.88. The van der Waals surface area contributed by atoms with Crippen LogP contribution in [0.25, 0.3) is 0 Å². The maximum Gasteiger partial charge on any atom is 0.223 e. The highest BCUT2D eigenvalue weighted by Crippen LogP contribution is 2.20. The normalized spacial score (nSPS) is 20.8. The van der Waals surface area contributed by atoms with Crippen LogP contribution in [0.3, 0.4) is 0 Å². The van der Waals surface area contributed by atoms with Crippen LogP contribution < -0.4 is 5.32 Å². The van der Waals surface area contributed by atoms with E-state index in [1.54, 1.807) is 0 Å². The Bertz CT molecular complexity index is 420. The Labute approximate surface area is 99.0 Å². The first-order valence-corrected chi connectivity index (χ1v) is 5.88. The molecule has 1 amide bonds. The lowest BCUT2D eigenvalue weighted by atomic mass is 9.94. The van der Waals surface area contributed by atoms with Gasteiger partial charge >= 0.3 is 0 Å². The molecule has 1 saturated heterocycles. The van der Waals surface area contributed by atoms with E-state index in [-0.39, 0.29) is 23.8 Å². The van der Waals surface area contributed by atoms with Gasteiger partial charge in [-0.15, -0.1) is 0 Å². The lowest BCUT2D eigenvalue weighted by Gasteiger charge is -2.13. The molecule has 1 aromatic rings. The van der Waals surface area contributed by atoms with Gasteiger partial charge in [0.25, 0.3) is 0 Å². The van der Waals surface area contributed by atoms with E-state index in [4.69, 9.17) is 0 Å². The van der Waals surface area contributed by atoms with Gasteiger partial charge in [-0.3, -0.25) is 4.79 Å². The van der Waals surface area contributed by atoms with Crippen LogP contribution in [0.5, 0.6) is 0 Å². The molecular weight excluding hydrogens is 224 g/mol. The van der Waals surface area contributed by atoms with Gasteiger partial charge < -0.3 is 5.32 Å². The lowest BCUT2D eigenvalue weighted by Crippen LogP contribution is -2.30. The fourth-order valence-corrected chi connectivity index (χ4v) is 2.16. The monoisotopic (exact) mass is 239 g/mol. The quantitative estimate of drug-likeness (QED) is 0.843. The van der Waals surface area contributed by atoms with E-state index in [1.165, 1.54) is 6.07 Å². The van der Waals surface area contributed by atoms with E-state index in [2.05, 4.69) is 5.32 Å². The average molecular weight is 239 g/mol. The first-order chi connectivity index (χ1) is 8.16. The second kappa shape index (κ2) is 5.25. The lowest BCUT2D eigenvalue weighted by molar-refractivity contribution is -0.124. The van der Waals surface area contributed by atoms with Crippen molar-refractivity contribution < 1.29 is 13.6 Å². The molecule has 17 heavy (non-hydrogen) atoms. The van der Waals surface area contributed by atoms with Gasteiger partial charge in [0, 0.05) is 12.5 Å². The van der Waals surface area contributed by atoms with Crippen LogP contribution in [0.15, 0.2) is 18.2 Å². The fraction of sp³-hybridized carbons (Fsp3) is 0.462. The zero-order valence-corrected chi connectivity index (χ0v) is 9.51. The largest absolute Gasteiger partial charge is 0.356 e. The third kappa shape index (κ3) is 3.02. The summed E-state index contributed by atoms with van der Waals surface area (Å²) in [6.07, 6.45) is 2.91. The maximum atomic E-state index is 13.5. The Morgan fingerprint density at radius 2 is 2.12 bits per heavy atom. The Kier molecular flexibility index (Phi) is 3.71. The smallest absolute Gasteiger partial charge is 0.223 e. The van der Waals surface area contributed by atoms with E-state index in [0.717, 1.165) is 31.4 Å². The topological polar surface area (TPSA) is 29.1 Å². The van der Waals surface area contributed by atoms with E-state index >= 15 is 0 Å². The van der Waals surface area contributed by atoms with Crippen molar-refractivity contribution in [3.05, 3.63) is 35.4 Å². The van der Waals surface area contributed by atoms with Crippen LogP contribution >= 0.6 is 0 Å². The molecule has 1 aromatic carbocycles. The van der Waals surface area contributed by atoms with Gasteiger partial charge in [0.1, 0.15) is 11.6 Å². The molecule has 0 bridgehead atoms. The van der Waals surface area contributed by atoms with Crippen molar-refractivity contribution in [1.29, 1.82) is 0 Å². The van der Waals surface area contributed by atoms with Crippen LogP contribution in [0.1, 0.15) is 24.8 Å². The standard InChI is InChI=1S/C13H15F2NO/c14-11-4-5-12(15)10(8-11)7-9-3-1-2-6-16-13(9)17/h4-5,8-9H,1-3,6-7H2,(H,16,17). The van der Waals surface area contributed by atoms with Crippen molar-refractivity contribution >= 4 is 5.91 Å². The number of benzene rings is 1. The molecule has 2 nitrogen and oxygen atoms in total. The molecular formula is C13H15F2NO. The molecule has 1 aliphatic heterocycles. The average Bonchev–Trinajstić information content (AvgIpc) is 2.50. The third-order valence-electron chi connectivity index (χ3n) is 3.12. The van der Waals surface area contributed by atoms with Gasteiger partial charge in [-0.1, -0.05) is 6.42 Å². The van der Waals surface area contributed by atoms with Gasteiger partial charge in [0.2, 0.25) is 5.91 Å². The van der Waals surface area contributed by atoms with Crippen LogP contribution in [-0.4, -0.2) is 12.5 Å². The van der Waals surface area contributed by atoms with Gasteiger partial charge in [-0.2, -0.15) is 0 Å². The minimum atomic E-state index is -0.463. The Hall–Kier alpha value is -1.45. The molecule has 1 fully saturated rings. The highest BCUT2D eigenvalue weighted by atomic mass is 19.1. The molecule has 4 heteroatoms. The predicted octanol–water partition coefficient (Wildman–Crippen LogP) is 2.42. The van der Waals surface area contributed by atoms with Crippen molar-refractivity contribution in [2.24, 2.45) is 5.92 Å². The number of nitrogens with one attached hydrogen (secondary N) is 1. The molecule has 92 valence electrons. The van der Waals surface area contributed by atoms with Crippen molar-refractivity contribution in [3.63, 3.8) is 0 Å². The SMILES string of the molecule is O=C1NCCCCC1Cc1cc(F)ccc1F. The van der Waals surface area contributed by atoms with E-state index in [1.807, 2.05) is 0 Å². The molecule has 1 heterocycles. The first kappa shape index (κ1) is 12.0. The molecule has 1 unspecified atom stereocenters. The molecule has 1 atom stereocenters. The van der Waals surface area contributed by atoms with Crippen molar-refractivity contribution in [2.75, 3.05) is 6.54 Å². The number of carbonyl (C=O) groups is 1. The fourth-order valence-electron chi connectivity index (χ4n) is 2.16. The second-order valence-corrected chi connectivity index (χ2v) is 4.42. The maximum absolute atomic E-state index is 13.5. The molecule has 0 radical (unpaired) electrons. The molecule has 0 spiro atoms. The molecule has 0 saturated carbocycles. The van der Waals surface area contributed by atoms with Gasteiger partial charge in [-0.05, 0) is 43.0 Å². The summed E-state index contributed by atoms with van der Waals surface area (Å²) < 4.78 is 26.5. The summed E-state index contributed by atoms with van der Waals surface area (Å²) in [7, 11) is 0. The van der Waals surface area contributed by atoms with Crippen LogP contribution in [0, 0.1) is 17.6 Å². The Morgan fingerprint density at radius 3 is 2.94 bits per heavy atom. The van der Waals surface area contributed by atoms with Crippen molar-refractivity contribution in [2.45, 2.75) is 25.7 Å². The summed E-state index contributed by atoms with van der Waals surface area (Å²) in [4.78, 5) is 11.7. The van der Waals surface area contributed by atoms with E-state index < -0.39 is 11.6 Å². The molecule has 1 aliphatic rings. The van der Waals surface area contributed by atoms with E-state index in [9.17, 15) is 13.6 Å². The van der Waals surface area contributed by atoms with E-state index in [0.29, 0.717) is 6.54 Å². The summed E-state index contributed by atoms with van der Waals surface area (Å²) in [5.41, 5.74) is 0.284. The van der Waals surface area contributed by atoms with Crippen molar-refractivity contribution in [1.82, 2.24) is 5.32 Å². The summed E-state index contributed by atoms with van der Waals surface area (Å²) in [6, 6.07) is 3.37.